The first-order valence-corrected chi connectivity index (χ1v) is 9.61. The molecule has 3 heterocycles. The zero-order valence-corrected chi connectivity index (χ0v) is 15.8. The molecular formula is C22H22N4O2. The lowest BCUT2D eigenvalue weighted by atomic mass is 9.98. The molecule has 0 amide bonds. The number of hydrogen-bond donors (Lipinski definition) is 1. The second-order valence-electron chi connectivity index (χ2n) is 7.24. The van der Waals surface area contributed by atoms with Crippen LogP contribution in [0.4, 0.5) is 5.82 Å². The van der Waals surface area contributed by atoms with Crippen molar-refractivity contribution in [2.45, 2.75) is 13.3 Å². The van der Waals surface area contributed by atoms with E-state index in [1.807, 2.05) is 6.92 Å². The first kappa shape index (κ1) is 17.0. The Labute approximate surface area is 162 Å². The van der Waals surface area contributed by atoms with Gasteiger partial charge < -0.3 is 9.64 Å². The Kier molecular flexibility index (Phi) is 4.13. The van der Waals surface area contributed by atoms with Crippen LogP contribution in [0.5, 0.6) is 0 Å². The Morgan fingerprint density at radius 1 is 1.11 bits per heavy atom. The monoisotopic (exact) mass is 374 g/mol. The second kappa shape index (κ2) is 6.80. The number of H-pyrrole nitrogens is 1. The van der Waals surface area contributed by atoms with Crippen LogP contribution >= 0.6 is 0 Å². The lowest BCUT2D eigenvalue weighted by Gasteiger charge is -2.27. The molecule has 0 unspecified atom stereocenters. The topological polar surface area (TPSA) is 62.6 Å². The van der Waals surface area contributed by atoms with Gasteiger partial charge in [0.05, 0.1) is 13.2 Å². The molecule has 1 aliphatic rings. The highest BCUT2D eigenvalue weighted by atomic mass is 16.5. The van der Waals surface area contributed by atoms with Crippen molar-refractivity contribution in [1.29, 1.82) is 0 Å². The normalized spacial score (nSPS) is 14.8. The van der Waals surface area contributed by atoms with Gasteiger partial charge in [-0.05, 0) is 23.3 Å². The Morgan fingerprint density at radius 3 is 2.75 bits per heavy atom. The zero-order chi connectivity index (χ0) is 19.1. The number of hydrogen-bond acceptors (Lipinski definition) is 4. The van der Waals surface area contributed by atoms with Crippen molar-refractivity contribution in [1.82, 2.24) is 14.6 Å². The summed E-state index contributed by atoms with van der Waals surface area (Å²) in [6.07, 6.45) is 0.721. The van der Waals surface area contributed by atoms with Gasteiger partial charge in [-0.1, -0.05) is 42.5 Å². The van der Waals surface area contributed by atoms with Crippen LogP contribution in [0.2, 0.25) is 0 Å². The van der Waals surface area contributed by atoms with Crippen LogP contribution in [0, 0.1) is 6.92 Å². The van der Waals surface area contributed by atoms with E-state index in [-0.39, 0.29) is 5.56 Å². The number of benzene rings is 2. The van der Waals surface area contributed by atoms with Gasteiger partial charge in [-0.15, -0.1) is 0 Å². The van der Waals surface area contributed by atoms with E-state index in [1.54, 1.807) is 10.6 Å². The highest BCUT2D eigenvalue weighted by molar-refractivity contribution is 5.86. The fourth-order valence-electron chi connectivity index (χ4n) is 3.99. The average molecular weight is 374 g/mol. The van der Waals surface area contributed by atoms with Crippen molar-refractivity contribution in [3.8, 4) is 0 Å². The van der Waals surface area contributed by atoms with Crippen LogP contribution in [0.1, 0.15) is 16.8 Å². The molecular weight excluding hydrogens is 352 g/mol. The Bertz CT molecular complexity index is 1210. The fourth-order valence-corrected chi connectivity index (χ4v) is 3.99. The van der Waals surface area contributed by atoms with E-state index in [9.17, 15) is 4.79 Å². The first-order chi connectivity index (χ1) is 13.7. The van der Waals surface area contributed by atoms with Gasteiger partial charge in [0.25, 0.3) is 5.56 Å². The molecule has 2 aromatic heterocycles. The minimum atomic E-state index is -0.0845. The van der Waals surface area contributed by atoms with Crippen LogP contribution in [0.15, 0.2) is 53.3 Å². The van der Waals surface area contributed by atoms with Gasteiger partial charge in [-0.3, -0.25) is 9.89 Å². The van der Waals surface area contributed by atoms with E-state index >= 15 is 0 Å². The number of fused-ring (bicyclic) bond motifs is 2. The van der Waals surface area contributed by atoms with E-state index in [4.69, 9.17) is 9.72 Å². The number of ether oxygens (including phenoxy) is 1. The Hall–Kier alpha value is -3.12. The molecule has 0 aliphatic carbocycles. The van der Waals surface area contributed by atoms with Crippen LogP contribution in [0.3, 0.4) is 0 Å². The average Bonchev–Trinajstić information content (AvgIpc) is 3.05. The summed E-state index contributed by atoms with van der Waals surface area (Å²) >= 11 is 0. The van der Waals surface area contributed by atoms with Crippen molar-refractivity contribution in [3.63, 3.8) is 0 Å². The molecule has 0 bridgehead atoms. The van der Waals surface area contributed by atoms with Gasteiger partial charge in [0, 0.05) is 36.8 Å². The van der Waals surface area contributed by atoms with Crippen LogP contribution in [-0.4, -0.2) is 40.9 Å². The number of nitrogens with zero attached hydrogens (tertiary/aromatic N) is 3. The standard InChI is InChI=1S/C22H22N4O2/c1-15-19(13-17-7-4-6-16-5-2-3-8-18(16)17)22-23-20(14-21(27)26(22)24-15)25-9-11-28-12-10-25/h2-8,14,24H,9-13H2,1H3. The lowest BCUT2D eigenvalue weighted by molar-refractivity contribution is 0.122. The number of aromatic nitrogens is 3. The third kappa shape index (κ3) is 2.86. The maximum atomic E-state index is 12.7. The number of rotatable bonds is 3. The van der Waals surface area contributed by atoms with E-state index < -0.39 is 0 Å². The van der Waals surface area contributed by atoms with Crippen molar-refractivity contribution in [2.24, 2.45) is 0 Å². The third-order valence-corrected chi connectivity index (χ3v) is 5.49. The van der Waals surface area contributed by atoms with Crippen LogP contribution in [-0.2, 0) is 11.2 Å². The molecule has 0 atom stereocenters. The summed E-state index contributed by atoms with van der Waals surface area (Å²) in [6, 6.07) is 16.4. The molecule has 142 valence electrons. The summed E-state index contributed by atoms with van der Waals surface area (Å²) < 4.78 is 6.98. The van der Waals surface area contributed by atoms with Crippen molar-refractivity contribution in [3.05, 3.63) is 75.7 Å². The third-order valence-electron chi connectivity index (χ3n) is 5.49. The summed E-state index contributed by atoms with van der Waals surface area (Å²) in [5, 5.41) is 5.64. The van der Waals surface area contributed by atoms with E-state index in [1.165, 1.54) is 16.3 Å². The molecule has 1 saturated heterocycles. The maximum Gasteiger partial charge on any atom is 0.274 e. The minimum Gasteiger partial charge on any atom is -0.378 e. The molecule has 1 N–H and O–H groups in total. The molecule has 0 radical (unpaired) electrons. The molecule has 1 aliphatic heterocycles. The van der Waals surface area contributed by atoms with Gasteiger partial charge in [-0.25, -0.2) is 9.50 Å². The highest BCUT2D eigenvalue weighted by Gasteiger charge is 2.18. The van der Waals surface area contributed by atoms with E-state index in [0.717, 1.165) is 36.6 Å². The van der Waals surface area contributed by atoms with Gasteiger partial charge >= 0.3 is 0 Å². The first-order valence-electron chi connectivity index (χ1n) is 9.61. The van der Waals surface area contributed by atoms with Crippen molar-refractivity contribution >= 4 is 22.2 Å². The fraction of sp³-hybridized carbons (Fsp3) is 0.273. The summed E-state index contributed by atoms with van der Waals surface area (Å²) in [5.41, 5.74) is 3.88. The van der Waals surface area contributed by atoms with Gasteiger partial charge in [0.15, 0.2) is 5.65 Å². The number of nitrogens with one attached hydrogen (secondary N) is 1. The summed E-state index contributed by atoms with van der Waals surface area (Å²) in [6.45, 7) is 4.84. The Balaban J connectivity index is 1.63. The highest BCUT2D eigenvalue weighted by Crippen LogP contribution is 2.25. The lowest BCUT2D eigenvalue weighted by Crippen LogP contribution is -2.37. The molecule has 28 heavy (non-hydrogen) atoms. The summed E-state index contributed by atoms with van der Waals surface area (Å²) in [7, 11) is 0. The van der Waals surface area contributed by atoms with Crippen molar-refractivity contribution in [2.75, 3.05) is 31.2 Å². The SMILES string of the molecule is Cc1[nH]n2c(=O)cc(N3CCOCC3)nc2c1Cc1cccc2ccccc12. The molecule has 2 aromatic carbocycles. The van der Waals surface area contributed by atoms with Gasteiger partial charge in [0.1, 0.15) is 5.82 Å². The smallest absolute Gasteiger partial charge is 0.274 e. The number of anilines is 1. The predicted octanol–water partition coefficient (Wildman–Crippen LogP) is 2.91. The number of morpholine rings is 1. The molecule has 5 rings (SSSR count). The van der Waals surface area contributed by atoms with Crippen LogP contribution < -0.4 is 10.5 Å². The molecule has 6 heteroatoms. The van der Waals surface area contributed by atoms with Crippen molar-refractivity contribution < 1.29 is 4.74 Å². The number of aryl methyl sites for hydroxylation is 1. The molecule has 1 fully saturated rings. The second-order valence-corrected chi connectivity index (χ2v) is 7.24. The predicted molar refractivity (Wildman–Crippen MR) is 110 cm³/mol. The van der Waals surface area contributed by atoms with Gasteiger partial charge in [0.2, 0.25) is 0 Å². The number of aromatic amines is 1. The Morgan fingerprint density at radius 2 is 1.89 bits per heavy atom. The summed E-state index contributed by atoms with van der Waals surface area (Å²) in [5.74, 6) is 0.728. The molecule has 0 saturated carbocycles. The van der Waals surface area contributed by atoms with Crippen LogP contribution in [0.25, 0.3) is 16.4 Å². The molecule has 0 spiro atoms. The van der Waals surface area contributed by atoms with E-state index in [2.05, 4.69) is 52.5 Å². The minimum absolute atomic E-state index is 0.0845. The molecule has 6 nitrogen and oxygen atoms in total. The molecule has 4 aromatic rings. The quantitative estimate of drug-likeness (QED) is 0.599. The van der Waals surface area contributed by atoms with Gasteiger partial charge in [-0.2, -0.15) is 0 Å². The largest absolute Gasteiger partial charge is 0.378 e. The zero-order valence-electron chi connectivity index (χ0n) is 15.8. The maximum absolute atomic E-state index is 12.7. The van der Waals surface area contributed by atoms with E-state index in [0.29, 0.717) is 18.9 Å². The summed E-state index contributed by atoms with van der Waals surface area (Å²) in [4.78, 5) is 19.7.